The lowest BCUT2D eigenvalue weighted by Gasteiger charge is -2.19. The molecule has 3 aromatic rings. The van der Waals surface area contributed by atoms with E-state index in [0.717, 1.165) is 11.1 Å². The Morgan fingerprint density at radius 2 is 1.28 bits per heavy atom. The van der Waals surface area contributed by atoms with Gasteiger partial charge in [-0.1, -0.05) is 45.0 Å². The summed E-state index contributed by atoms with van der Waals surface area (Å²) in [6, 6.07) is 17.3. The second kappa shape index (κ2) is 6.62. The van der Waals surface area contributed by atoms with E-state index in [2.05, 4.69) is 53.9 Å². The molecule has 25 heavy (non-hydrogen) atoms. The number of hydrogen-bond donors (Lipinski definition) is 0. The number of benzene rings is 2. The van der Waals surface area contributed by atoms with Gasteiger partial charge in [0.2, 0.25) is 5.28 Å². The van der Waals surface area contributed by atoms with Crippen molar-refractivity contribution in [2.75, 3.05) is 0 Å². The van der Waals surface area contributed by atoms with E-state index in [4.69, 9.17) is 16.9 Å². The normalized spacial score (nSPS) is 11.2. The quantitative estimate of drug-likeness (QED) is 0.651. The van der Waals surface area contributed by atoms with E-state index in [1.165, 1.54) is 5.56 Å². The Morgan fingerprint density at radius 1 is 0.800 bits per heavy atom. The van der Waals surface area contributed by atoms with Crippen molar-refractivity contribution in [1.82, 2.24) is 15.0 Å². The fourth-order valence-corrected chi connectivity index (χ4v) is 2.58. The molecule has 1 aromatic heterocycles. The maximum absolute atomic E-state index is 8.90. The summed E-state index contributed by atoms with van der Waals surface area (Å²) < 4.78 is 0. The van der Waals surface area contributed by atoms with Gasteiger partial charge in [0.05, 0.1) is 11.6 Å². The summed E-state index contributed by atoms with van der Waals surface area (Å²) in [5.74, 6) is 1.01. The van der Waals surface area contributed by atoms with Gasteiger partial charge in [0.15, 0.2) is 11.6 Å². The highest BCUT2D eigenvalue weighted by atomic mass is 35.5. The molecule has 0 atom stereocenters. The molecule has 2 aromatic carbocycles. The minimum absolute atomic E-state index is 0.0862. The van der Waals surface area contributed by atoms with Gasteiger partial charge >= 0.3 is 0 Å². The largest absolute Gasteiger partial charge is 0.226 e. The monoisotopic (exact) mass is 348 g/mol. The molecule has 3 rings (SSSR count). The van der Waals surface area contributed by atoms with Crippen LogP contribution < -0.4 is 0 Å². The van der Waals surface area contributed by atoms with E-state index >= 15 is 0 Å². The predicted octanol–water partition coefficient (Wildman–Crippen LogP) is 5.03. The molecule has 4 nitrogen and oxygen atoms in total. The fourth-order valence-electron chi connectivity index (χ4n) is 2.42. The molecule has 0 radical (unpaired) electrons. The van der Waals surface area contributed by atoms with Gasteiger partial charge in [-0.3, -0.25) is 0 Å². The van der Waals surface area contributed by atoms with Crippen LogP contribution in [0, 0.1) is 11.3 Å². The lowest BCUT2D eigenvalue weighted by molar-refractivity contribution is 0.590. The van der Waals surface area contributed by atoms with Gasteiger partial charge in [0.25, 0.3) is 0 Å². The Bertz CT molecular complexity index is 933. The molecule has 0 spiro atoms. The smallest absolute Gasteiger partial charge is 0.208 e. The first-order valence-electron chi connectivity index (χ1n) is 7.90. The topological polar surface area (TPSA) is 62.5 Å². The third-order valence-electron chi connectivity index (χ3n) is 3.89. The molecule has 0 aliphatic rings. The highest BCUT2D eigenvalue weighted by Gasteiger charge is 2.14. The van der Waals surface area contributed by atoms with E-state index in [1.54, 1.807) is 24.3 Å². The van der Waals surface area contributed by atoms with Gasteiger partial charge in [-0.05, 0) is 46.8 Å². The van der Waals surface area contributed by atoms with Crippen LogP contribution in [0.15, 0.2) is 48.5 Å². The zero-order valence-corrected chi connectivity index (χ0v) is 15.0. The summed E-state index contributed by atoms with van der Waals surface area (Å²) >= 11 is 6.10. The molecule has 5 heteroatoms. The number of nitriles is 1. The second-order valence-corrected chi connectivity index (χ2v) is 7.11. The lowest BCUT2D eigenvalue weighted by atomic mass is 9.87. The highest BCUT2D eigenvalue weighted by Crippen LogP contribution is 2.26. The van der Waals surface area contributed by atoms with Crippen molar-refractivity contribution in [2.45, 2.75) is 26.2 Å². The molecule has 0 saturated heterocycles. The molecule has 124 valence electrons. The van der Waals surface area contributed by atoms with Crippen LogP contribution in [0.1, 0.15) is 31.9 Å². The number of rotatable bonds is 2. The standard InChI is InChI=1S/C20H17ClN4/c1-20(2,3)16-10-8-15(9-11-16)18-23-17(24-19(21)25-18)14-6-4-13(12-22)5-7-14/h4-11H,1-3H3. The molecule has 0 amide bonds. The van der Waals surface area contributed by atoms with Crippen molar-refractivity contribution in [3.8, 4) is 28.8 Å². The number of hydrogen-bond acceptors (Lipinski definition) is 4. The van der Waals surface area contributed by atoms with Crippen molar-refractivity contribution in [2.24, 2.45) is 0 Å². The maximum Gasteiger partial charge on any atom is 0.226 e. The van der Waals surface area contributed by atoms with Crippen LogP contribution in [0.25, 0.3) is 22.8 Å². The van der Waals surface area contributed by atoms with Crippen molar-refractivity contribution < 1.29 is 0 Å². The Hall–Kier alpha value is -2.77. The van der Waals surface area contributed by atoms with Gasteiger partial charge in [-0.2, -0.15) is 15.2 Å². The SMILES string of the molecule is CC(C)(C)c1ccc(-c2nc(Cl)nc(-c3ccc(C#N)cc3)n2)cc1. The zero-order chi connectivity index (χ0) is 18.0. The second-order valence-electron chi connectivity index (χ2n) is 6.77. The highest BCUT2D eigenvalue weighted by molar-refractivity contribution is 6.28. The Balaban J connectivity index is 2.00. The molecule has 0 bridgehead atoms. The summed E-state index contributed by atoms with van der Waals surface area (Å²) in [6.45, 7) is 6.51. The van der Waals surface area contributed by atoms with Crippen LogP contribution in [-0.4, -0.2) is 15.0 Å². The first-order valence-corrected chi connectivity index (χ1v) is 8.27. The van der Waals surface area contributed by atoms with Crippen LogP contribution in [-0.2, 0) is 5.41 Å². The van der Waals surface area contributed by atoms with Gasteiger partial charge in [0.1, 0.15) is 0 Å². The number of aromatic nitrogens is 3. The van der Waals surface area contributed by atoms with Crippen molar-refractivity contribution in [1.29, 1.82) is 5.26 Å². The zero-order valence-electron chi connectivity index (χ0n) is 14.3. The van der Waals surface area contributed by atoms with Crippen LogP contribution in [0.4, 0.5) is 0 Å². The molecular weight excluding hydrogens is 332 g/mol. The molecule has 0 aliphatic heterocycles. The van der Waals surface area contributed by atoms with Crippen molar-refractivity contribution in [3.05, 3.63) is 64.9 Å². The Labute approximate surface area is 152 Å². The molecular formula is C20H17ClN4. The van der Waals surface area contributed by atoms with Crippen LogP contribution in [0.3, 0.4) is 0 Å². The van der Waals surface area contributed by atoms with Gasteiger partial charge in [-0.25, -0.2) is 4.98 Å². The third-order valence-corrected chi connectivity index (χ3v) is 4.06. The third kappa shape index (κ3) is 3.84. The summed E-state index contributed by atoms with van der Waals surface area (Å²) in [5, 5.41) is 9.05. The Kier molecular flexibility index (Phi) is 4.52. The molecule has 0 unspecified atom stereocenters. The summed E-state index contributed by atoms with van der Waals surface area (Å²) in [7, 11) is 0. The molecule has 0 aliphatic carbocycles. The molecule has 0 fully saturated rings. The van der Waals surface area contributed by atoms with Gasteiger partial charge in [0, 0.05) is 11.1 Å². The van der Waals surface area contributed by atoms with Crippen LogP contribution >= 0.6 is 11.6 Å². The molecule has 0 saturated carbocycles. The van der Waals surface area contributed by atoms with Gasteiger partial charge < -0.3 is 0 Å². The minimum atomic E-state index is 0.0862. The summed E-state index contributed by atoms with van der Waals surface area (Å²) in [4.78, 5) is 13.0. The van der Waals surface area contributed by atoms with Gasteiger partial charge in [-0.15, -0.1) is 0 Å². The van der Waals surface area contributed by atoms with E-state index in [0.29, 0.717) is 17.2 Å². The minimum Gasteiger partial charge on any atom is -0.208 e. The van der Waals surface area contributed by atoms with Crippen molar-refractivity contribution >= 4 is 11.6 Å². The van der Waals surface area contributed by atoms with E-state index < -0.39 is 0 Å². The number of halogens is 1. The summed E-state index contributed by atoms with van der Waals surface area (Å²) in [5.41, 5.74) is 3.58. The van der Waals surface area contributed by atoms with Crippen molar-refractivity contribution in [3.63, 3.8) is 0 Å². The fraction of sp³-hybridized carbons (Fsp3) is 0.200. The average Bonchev–Trinajstić information content (AvgIpc) is 2.60. The predicted molar refractivity (Wildman–Crippen MR) is 99.1 cm³/mol. The average molecular weight is 349 g/mol. The molecule has 0 N–H and O–H groups in total. The van der Waals surface area contributed by atoms with E-state index in [1.807, 2.05) is 12.1 Å². The first-order chi connectivity index (χ1) is 11.9. The summed E-state index contributed by atoms with van der Waals surface area (Å²) in [6.07, 6.45) is 0. The van der Waals surface area contributed by atoms with E-state index in [-0.39, 0.29) is 10.7 Å². The lowest BCUT2D eigenvalue weighted by Crippen LogP contribution is -2.10. The Morgan fingerprint density at radius 3 is 1.72 bits per heavy atom. The van der Waals surface area contributed by atoms with E-state index in [9.17, 15) is 0 Å². The van der Waals surface area contributed by atoms with Crippen LogP contribution in [0.2, 0.25) is 5.28 Å². The first kappa shape index (κ1) is 17.1. The molecule has 1 heterocycles. The maximum atomic E-state index is 8.90. The van der Waals surface area contributed by atoms with Crippen LogP contribution in [0.5, 0.6) is 0 Å². The number of nitrogens with zero attached hydrogens (tertiary/aromatic N) is 4.